The fourth-order valence-electron chi connectivity index (χ4n) is 2.42. The minimum Gasteiger partial charge on any atom is -0.392 e. The summed E-state index contributed by atoms with van der Waals surface area (Å²) in [7, 11) is 0. The molecule has 104 valence electrons. The second-order valence-corrected chi connectivity index (χ2v) is 5.12. The van der Waals surface area contributed by atoms with Gasteiger partial charge in [0.1, 0.15) is 0 Å². The van der Waals surface area contributed by atoms with E-state index in [2.05, 4.69) is 17.4 Å². The van der Waals surface area contributed by atoms with E-state index in [0.29, 0.717) is 19.6 Å². The first kappa shape index (κ1) is 14.0. The van der Waals surface area contributed by atoms with Crippen molar-refractivity contribution in [2.24, 2.45) is 0 Å². The van der Waals surface area contributed by atoms with Crippen molar-refractivity contribution in [2.75, 3.05) is 26.2 Å². The number of benzene rings is 1. The van der Waals surface area contributed by atoms with Crippen LogP contribution in [0.4, 0.5) is 0 Å². The van der Waals surface area contributed by atoms with Crippen LogP contribution >= 0.6 is 0 Å². The Morgan fingerprint density at radius 1 is 1.37 bits per heavy atom. The van der Waals surface area contributed by atoms with Gasteiger partial charge < -0.3 is 10.4 Å². The summed E-state index contributed by atoms with van der Waals surface area (Å²) in [6.07, 6.45) is 2.41. The zero-order valence-corrected chi connectivity index (χ0v) is 11.2. The topological polar surface area (TPSA) is 52.6 Å². The summed E-state index contributed by atoms with van der Waals surface area (Å²) in [5, 5.41) is 12.5. The van der Waals surface area contributed by atoms with Crippen molar-refractivity contribution >= 4 is 5.91 Å². The molecule has 19 heavy (non-hydrogen) atoms. The van der Waals surface area contributed by atoms with Crippen LogP contribution < -0.4 is 5.32 Å². The van der Waals surface area contributed by atoms with E-state index < -0.39 is 0 Å². The smallest absolute Gasteiger partial charge is 0.234 e. The maximum absolute atomic E-state index is 11.8. The average molecular weight is 262 g/mol. The number of rotatable bonds is 5. The number of amides is 1. The Labute approximate surface area is 114 Å². The van der Waals surface area contributed by atoms with Crippen molar-refractivity contribution in [1.29, 1.82) is 0 Å². The molecule has 0 bridgehead atoms. The fourth-order valence-corrected chi connectivity index (χ4v) is 2.42. The molecule has 1 aliphatic rings. The van der Waals surface area contributed by atoms with Crippen molar-refractivity contribution in [3.63, 3.8) is 0 Å². The molecule has 1 saturated heterocycles. The Hall–Kier alpha value is -1.39. The lowest BCUT2D eigenvalue weighted by atomic mass is 10.1. The summed E-state index contributed by atoms with van der Waals surface area (Å²) in [5.74, 6) is 0.0463. The molecule has 1 amide bonds. The molecule has 4 nitrogen and oxygen atoms in total. The van der Waals surface area contributed by atoms with Gasteiger partial charge in [-0.2, -0.15) is 0 Å². The minimum absolute atomic E-state index is 0.0463. The predicted octanol–water partition coefficient (Wildman–Crippen LogP) is 0.802. The summed E-state index contributed by atoms with van der Waals surface area (Å²) < 4.78 is 0. The Kier molecular flexibility index (Phi) is 5.36. The van der Waals surface area contributed by atoms with E-state index >= 15 is 0 Å². The number of aliphatic hydroxyl groups excluding tert-OH is 1. The van der Waals surface area contributed by atoms with Crippen molar-refractivity contribution in [3.05, 3.63) is 35.9 Å². The Morgan fingerprint density at radius 3 is 2.89 bits per heavy atom. The van der Waals surface area contributed by atoms with Crippen molar-refractivity contribution in [1.82, 2.24) is 10.2 Å². The number of likely N-dealkylation sites (tertiary alicyclic amines) is 1. The van der Waals surface area contributed by atoms with E-state index in [-0.39, 0.29) is 12.0 Å². The standard InChI is InChI=1S/C15H22N2O2/c18-14-7-4-10-17(11-14)12-15(19)16-9-8-13-5-2-1-3-6-13/h1-3,5-6,14,18H,4,7-12H2,(H,16,19). The molecule has 1 aliphatic heterocycles. The number of hydrogen-bond donors (Lipinski definition) is 2. The highest BCUT2D eigenvalue weighted by atomic mass is 16.3. The number of hydrogen-bond acceptors (Lipinski definition) is 3. The number of nitrogens with one attached hydrogen (secondary N) is 1. The third-order valence-corrected chi connectivity index (χ3v) is 3.43. The van der Waals surface area contributed by atoms with Gasteiger partial charge in [0.15, 0.2) is 0 Å². The molecule has 4 heteroatoms. The molecular formula is C15H22N2O2. The molecule has 2 rings (SSSR count). The second kappa shape index (κ2) is 7.26. The van der Waals surface area contributed by atoms with Crippen molar-refractivity contribution in [3.8, 4) is 0 Å². The van der Waals surface area contributed by atoms with Crippen LogP contribution in [-0.4, -0.2) is 48.2 Å². The zero-order chi connectivity index (χ0) is 13.5. The van der Waals surface area contributed by atoms with Crippen molar-refractivity contribution < 1.29 is 9.90 Å². The van der Waals surface area contributed by atoms with Gasteiger partial charge in [0.2, 0.25) is 5.91 Å². The van der Waals surface area contributed by atoms with Crippen LogP contribution in [0.1, 0.15) is 18.4 Å². The molecular weight excluding hydrogens is 240 g/mol. The van der Waals surface area contributed by atoms with E-state index in [1.165, 1.54) is 5.56 Å². The third-order valence-electron chi connectivity index (χ3n) is 3.43. The van der Waals surface area contributed by atoms with Crippen LogP contribution in [0.3, 0.4) is 0 Å². The molecule has 1 heterocycles. The van der Waals surface area contributed by atoms with Gasteiger partial charge in [0.25, 0.3) is 0 Å². The minimum atomic E-state index is -0.272. The Morgan fingerprint density at radius 2 is 2.16 bits per heavy atom. The predicted molar refractivity (Wildman–Crippen MR) is 74.8 cm³/mol. The van der Waals surface area contributed by atoms with Crippen LogP contribution in [0.5, 0.6) is 0 Å². The lowest BCUT2D eigenvalue weighted by molar-refractivity contribution is -0.122. The maximum Gasteiger partial charge on any atom is 0.234 e. The van der Waals surface area contributed by atoms with Gasteiger partial charge in [-0.15, -0.1) is 0 Å². The number of β-amino-alcohol motifs (C(OH)–C–C–N with tert-alkyl or cyclic N) is 1. The molecule has 0 spiro atoms. The monoisotopic (exact) mass is 262 g/mol. The van der Waals surface area contributed by atoms with Gasteiger partial charge in [0.05, 0.1) is 12.6 Å². The molecule has 1 fully saturated rings. The average Bonchev–Trinajstić information content (AvgIpc) is 2.40. The van der Waals surface area contributed by atoms with E-state index in [0.717, 1.165) is 25.8 Å². The Bertz CT molecular complexity index is 394. The SMILES string of the molecule is O=C(CN1CCCC(O)C1)NCCc1ccccc1. The number of nitrogens with zero attached hydrogens (tertiary/aromatic N) is 1. The molecule has 0 saturated carbocycles. The molecule has 2 N–H and O–H groups in total. The van der Waals surface area contributed by atoms with E-state index in [1.807, 2.05) is 23.1 Å². The highest BCUT2D eigenvalue weighted by Gasteiger charge is 2.19. The van der Waals surface area contributed by atoms with Crippen LogP contribution in [0.15, 0.2) is 30.3 Å². The van der Waals surface area contributed by atoms with Crippen molar-refractivity contribution in [2.45, 2.75) is 25.4 Å². The number of aliphatic hydroxyl groups is 1. The number of carbonyl (C=O) groups is 1. The highest BCUT2D eigenvalue weighted by molar-refractivity contribution is 5.78. The highest BCUT2D eigenvalue weighted by Crippen LogP contribution is 2.08. The lowest BCUT2D eigenvalue weighted by Gasteiger charge is -2.29. The van der Waals surface area contributed by atoms with Crippen LogP contribution in [0.25, 0.3) is 0 Å². The lowest BCUT2D eigenvalue weighted by Crippen LogP contribution is -2.44. The summed E-state index contributed by atoms with van der Waals surface area (Å²) >= 11 is 0. The fraction of sp³-hybridized carbons (Fsp3) is 0.533. The van der Waals surface area contributed by atoms with Gasteiger partial charge in [-0.05, 0) is 31.4 Å². The summed E-state index contributed by atoms with van der Waals surface area (Å²) in [5.41, 5.74) is 1.23. The summed E-state index contributed by atoms with van der Waals surface area (Å²) in [4.78, 5) is 13.8. The number of carbonyl (C=O) groups excluding carboxylic acids is 1. The molecule has 0 aliphatic carbocycles. The first-order chi connectivity index (χ1) is 9.24. The molecule has 0 radical (unpaired) electrons. The first-order valence-corrected chi connectivity index (χ1v) is 6.95. The van der Waals surface area contributed by atoms with Crippen LogP contribution in [0, 0.1) is 0 Å². The zero-order valence-electron chi connectivity index (χ0n) is 11.2. The molecule has 1 atom stereocenters. The van der Waals surface area contributed by atoms with Crippen LogP contribution in [-0.2, 0) is 11.2 Å². The quantitative estimate of drug-likeness (QED) is 0.825. The third kappa shape index (κ3) is 5.01. The van der Waals surface area contributed by atoms with Crippen LogP contribution in [0.2, 0.25) is 0 Å². The van der Waals surface area contributed by atoms with Gasteiger partial charge in [-0.1, -0.05) is 30.3 Å². The molecule has 1 aromatic carbocycles. The molecule has 1 aromatic rings. The van der Waals surface area contributed by atoms with E-state index in [1.54, 1.807) is 0 Å². The molecule has 0 aromatic heterocycles. The second-order valence-electron chi connectivity index (χ2n) is 5.12. The maximum atomic E-state index is 11.8. The number of piperidine rings is 1. The first-order valence-electron chi connectivity index (χ1n) is 6.95. The molecule has 1 unspecified atom stereocenters. The van der Waals surface area contributed by atoms with E-state index in [4.69, 9.17) is 0 Å². The summed E-state index contributed by atoms with van der Waals surface area (Å²) in [6.45, 7) is 2.58. The van der Waals surface area contributed by atoms with Gasteiger partial charge >= 0.3 is 0 Å². The Balaban J connectivity index is 1.64. The normalized spacial score (nSPS) is 20.2. The van der Waals surface area contributed by atoms with E-state index in [9.17, 15) is 9.90 Å². The largest absolute Gasteiger partial charge is 0.392 e. The van der Waals surface area contributed by atoms with Gasteiger partial charge in [0, 0.05) is 13.1 Å². The summed E-state index contributed by atoms with van der Waals surface area (Å²) in [6, 6.07) is 10.1. The van der Waals surface area contributed by atoms with Gasteiger partial charge in [-0.3, -0.25) is 9.69 Å². The van der Waals surface area contributed by atoms with Gasteiger partial charge in [-0.25, -0.2) is 0 Å².